The maximum absolute atomic E-state index is 14.6. The number of amides is 2. The van der Waals surface area contributed by atoms with Gasteiger partial charge in [0.25, 0.3) is 10.0 Å². The molecular formula is C36H39Cl2N3O5S. The molecule has 0 aliphatic carbocycles. The van der Waals surface area contributed by atoms with Crippen LogP contribution < -0.4 is 14.4 Å². The van der Waals surface area contributed by atoms with Crippen molar-refractivity contribution < 1.29 is 22.7 Å². The van der Waals surface area contributed by atoms with Crippen LogP contribution in [0.25, 0.3) is 0 Å². The predicted molar refractivity (Wildman–Crippen MR) is 187 cm³/mol. The van der Waals surface area contributed by atoms with E-state index in [0.29, 0.717) is 40.1 Å². The monoisotopic (exact) mass is 695 g/mol. The van der Waals surface area contributed by atoms with E-state index in [-0.39, 0.29) is 29.8 Å². The highest BCUT2D eigenvalue weighted by atomic mass is 35.5. The van der Waals surface area contributed by atoms with Crippen LogP contribution in [0.1, 0.15) is 38.3 Å². The number of benzene rings is 4. The first-order valence-corrected chi connectivity index (χ1v) is 17.6. The van der Waals surface area contributed by atoms with E-state index in [1.165, 1.54) is 17.0 Å². The van der Waals surface area contributed by atoms with Crippen molar-refractivity contribution >= 4 is 50.7 Å². The summed E-state index contributed by atoms with van der Waals surface area (Å²) in [7, 11) is -4.24. The SMILES string of the molecule is CCOc1ccc(S(=O)(=O)N(CC(=O)N(Cc2ccc(Cl)c(Cl)c2)[C@H](Cc2ccccc2)C(=O)N[C@@H](C)CC)c2ccccc2)cc1. The second kappa shape index (κ2) is 16.7. The molecule has 11 heteroatoms. The van der Waals surface area contributed by atoms with E-state index in [4.69, 9.17) is 27.9 Å². The molecule has 0 aromatic heterocycles. The number of sulfonamides is 1. The van der Waals surface area contributed by atoms with Crippen molar-refractivity contribution in [3.05, 3.63) is 124 Å². The fourth-order valence-electron chi connectivity index (χ4n) is 4.95. The van der Waals surface area contributed by atoms with Crippen LogP contribution in [0.5, 0.6) is 5.75 Å². The van der Waals surface area contributed by atoms with E-state index in [9.17, 15) is 18.0 Å². The van der Waals surface area contributed by atoms with Crippen molar-refractivity contribution in [2.45, 2.75) is 57.1 Å². The quantitative estimate of drug-likeness (QED) is 0.143. The normalized spacial score (nSPS) is 12.5. The smallest absolute Gasteiger partial charge is 0.264 e. The molecule has 4 aromatic carbocycles. The van der Waals surface area contributed by atoms with E-state index >= 15 is 0 Å². The molecule has 0 saturated carbocycles. The van der Waals surface area contributed by atoms with E-state index in [1.54, 1.807) is 60.7 Å². The van der Waals surface area contributed by atoms with Gasteiger partial charge in [0.1, 0.15) is 18.3 Å². The van der Waals surface area contributed by atoms with Crippen LogP contribution in [0.2, 0.25) is 10.0 Å². The van der Waals surface area contributed by atoms with Gasteiger partial charge in [-0.15, -0.1) is 0 Å². The van der Waals surface area contributed by atoms with Crippen LogP contribution in [0.3, 0.4) is 0 Å². The van der Waals surface area contributed by atoms with Crippen molar-refractivity contribution in [1.29, 1.82) is 0 Å². The summed E-state index contributed by atoms with van der Waals surface area (Å²) >= 11 is 12.5. The number of nitrogens with one attached hydrogen (secondary N) is 1. The number of rotatable bonds is 15. The van der Waals surface area contributed by atoms with Crippen LogP contribution in [0.4, 0.5) is 5.69 Å². The van der Waals surface area contributed by atoms with Crippen LogP contribution in [0.15, 0.2) is 108 Å². The highest BCUT2D eigenvalue weighted by molar-refractivity contribution is 7.92. The van der Waals surface area contributed by atoms with Crippen LogP contribution in [-0.2, 0) is 32.6 Å². The Bertz CT molecular complexity index is 1740. The minimum absolute atomic E-state index is 0.0102. The number of hydrogen-bond donors (Lipinski definition) is 1. The van der Waals surface area contributed by atoms with Crippen molar-refractivity contribution in [2.24, 2.45) is 0 Å². The fourth-order valence-corrected chi connectivity index (χ4v) is 6.69. The molecule has 0 aliphatic rings. The molecule has 4 aromatic rings. The lowest BCUT2D eigenvalue weighted by Gasteiger charge is -2.34. The molecule has 1 N–H and O–H groups in total. The van der Waals surface area contributed by atoms with Gasteiger partial charge >= 0.3 is 0 Å². The Labute approximate surface area is 287 Å². The molecule has 0 radical (unpaired) electrons. The summed E-state index contributed by atoms with van der Waals surface area (Å²) in [5, 5.41) is 3.67. The minimum atomic E-state index is -4.24. The second-order valence-electron chi connectivity index (χ2n) is 11.0. The van der Waals surface area contributed by atoms with E-state index < -0.39 is 28.5 Å². The number of carbonyl (C=O) groups is 2. The third kappa shape index (κ3) is 9.50. The maximum Gasteiger partial charge on any atom is 0.264 e. The lowest BCUT2D eigenvalue weighted by molar-refractivity contribution is -0.140. The Morgan fingerprint density at radius 3 is 2.06 bits per heavy atom. The summed E-state index contributed by atoms with van der Waals surface area (Å²) in [6.07, 6.45) is 0.889. The van der Waals surface area contributed by atoms with Gasteiger partial charge in [0.05, 0.1) is 27.2 Å². The van der Waals surface area contributed by atoms with Crippen molar-refractivity contribution in [3.63, 3.8) is 0 Å². The molecule has 2 atom stereocenters. The minimum Gasteiger partial charge on any atom is -0.494 e. The summed E-state index contributed by atoms with van der Waals surface area (Å²) in [5.74, 6) is -0.399. The average molecular weight is 697 g/mol. The van der Waals surface area contributed by atoms with Gasteiger partial charge in [-0.2, -0.15) is 0 Å². The Balaban J connectivity index is 1.79. The average Bonchev–Trinajstić information content (AvgIpc) is 3.07. The molecule has 0 spiro atoms. The van der Waals surface area contributed by atoms with Gasteiger partial charge in [0.2, 0.25) is 11.8 Å². The third-order valence-electron chi connectivity index (χ3n) is 7.65. The molecule has 0 aliphatic heterocycles. The van der Waals surface area contributed by atoms with E-state index in [1.807, 2.05) is 51.1 Å². The topological polar surface area (TPSA) is 96.0 Å². The molecule has 4 rings (SSSR count). The van der Waals surface area contributed by atoms with Crippen molar-refractivity contribution in [3.8, 4) is 5.75 Å². The van der Waals surface area contributed by atoms with Gasteiger partial charge in [-0.1, -0.05) is 84.7 Å². The van der Waals surface area contributed by atoms with Gasteiger partial charge in [0, 0.05) is 19.0 Å². The molecule has 0 bridgehead atoms. The summed E-state index contributed by atoms with van der Waals surface area (Å²) in [4.78, 5) is 29.9. The molecule has 2 amide bonds. The zero-order valence-electron chi connectivity index (χ0n) is 26.6. The highest BCUT2D eigenvalue weighted by Gasteiger charge is 2.35. The van der Waals surface area contributed by atoms with Crippen molar-refractivity contribution in [2.75, 3.05) is 17.5 Å². The first-order chi connectivity index (χ1) is 22.5. The number of anilines is 1. The molecule has 0 saturated heterocycles. The Morgan fingerprint density at radius 2 is 1.47 bits per heavy atom. The molecule has 248 valence electrons. The number of hydrogen-bond acceptors (Lipinski definition) is 5. The lowest BCUT2D eigenvalue weighted by Crippen LogP contribution is -2.54. The number of ether oxygens (including phenoxy) is 1. The van der Waals surface area contributed by atoms with Gasteiger partial charge in [-0.05, 0) is 79.9 Å². The molecular weight excluding hydrogens is 657 g/mol. The zero-order valence-corrected chi connectivity index (χ0v) is 28.9. The fraction of sp³-hybridized carbons (Fsp3) is 0.278. The molecule has 47 heavy (non-hydrogen) atoms. The van der Waals surface area contributed by atoms with Crippen LogP contribution in [0, 0.1) is 0 Å². The summed E-state index contributed by atoms with van der Waals surface area (Å²) in [5.41, 5.74) is 1.77. The van der Waals surface area contributed by atoms with Crippen LogP contribution >= 0.6 is 23.2 Å². The molecule has 0 heterocycles. The van der Waals surface area contributed by atoms with Crippen molar-refractivity contribution in [1.82, 2.24) is 10.2 Å². The molecule has 0 unspecified atom stereocenters. The second-order valence-corrected chi connectivity index (χ2v) is 13.7. The molecule has 8 nitrogen and oxygen atoms in total. The van der Waals surface area contributed by atoms with Gasteiger partial charge in [0.15, 0.2) is 0 Å². The predicted octanol–water partition coefficient (Wildman–Crippen LogP) is 7.14. The Kier molecular flexibility index (Phi) is 12.7. The van der Waals surface area contributed by atoms with Gasteiger partial charge < -0.3 is 15.0 Å². The molecule has 0 fully saturated rings. The maximum atomic E-state index is 14.6. The Morgan fingerprint density at radius 1 is 0.830 bits per heavy atom. The van der Waals surface area contributed by atoms with Gasteiger partial charge in [-0.25, -0.2) is 8.42 Å². The third-order valence-corrected chi connectivity index (χ3v) is 10.2. The zero-order chi connectivity index (χ0) is 34.0. The van der Waals surface area contributed by atoms with Crippen LogP contribution in [-0.4, -0.2) is 50.4 Å². The number of para-hydroxylation sites is 1. The van der Waals surface area contributed by atoms with E-state index in [2.05, 4.69) is 5.32 Å². The summed E-state index contributed by atoms with van der Waals surface area (Å²) in [6, 6.07) is 27.7. The largest absolute Gasteiger partial charge is 0.494 e. The lowest BCUT2D eigenvalue weighted by atomic mass is 10.0. The number of halogens is 2. The van der Waals surface area contributed by atoms with Gasteiger partial charge in [-0.3, -0.25) is 13.9 Å². The Hall–Kier alpha value is -4.05. The number of carbonyl (C=O) groups excluding carboxylic acids is 2. The standard InChI is InChI=1S/C36H39Cl2N3O5S/c1-4-26(3)39-36(43)34(23-27-12-8-6-9-13-27)40(24-28-16-21-32(37)33(38)22-28)35(42)25-41(29-14-10-7-11-15-29)47(44,45)31-19-17-30(18-20-31)46-5-2/h6-22,26,34H,4-5,23-25H2,1-3H3,(H,39,43)/t26-,34+/m0/s1. The first kappa shape index (κ1) is 35.8. The summed E-state index contributed by atoms with van der Waals surface area (Å²) in [6.45, 7) is 5.53. The number of nitrogens with zero attached hydrogens (tertiary/aromatic N) is 2. The van der Waals surface area contributed by atoms with E-state index in [0.717, 1.165) is 9.87 Å². The first-order valence-electron chi connectivity index (χ1n) is 15.4. The summed E-state index contributed by atoms with van der Waals surface area (Å²) < 4.78 is 34.9. The highest BCUT2D eigenvalue weighted by Crippen LogP contribution is 2.28.